The maximum absolute atomic E-state index is 12.5. The van der Waals surface area contributed by atoms with E-state index in [1.54, 1.807) is 6.92 Å². The van der Waals surface area contributed by atoms with Gasteiger partial charge in [-0.25, -0.2) is 0 Å². The summed E-state index contributed by atoms with van der Waals surface area (Å²) in [4.78, 5) is 22.7. The van der Waals surface area contributed by atoms with Crippen LogP contribution in [0.3, 0.4) is 0 Å². The van der Waals surface area contributed by atoms with Gasteiger partial charge in [0.2, 0.25) is 5.91 Å². The SMILES string of the molecule is CCC(Cc1ccc(C(F)(F)F)cc1)C(=O)N[C@H](C)C(=O)O. The summed E-state index contributed by atoms with van der Waals surface area (Å²) in [5.74, 6) is -2.05. The highest BCUT2D eigenvalue weighted by Gasteiger charge is 2.30. The first kappa shape index (κ1) is 18.0. The molecule has 0 radical (unpaired) electrons. The second kappa shape index (κ2) is 7.29. The molecule has 0 aliphatic heterocycles. The molecular weight excluding hydrogens is 299 g/mol. The van der Waals surface area contributed by atoms with Crippen molar-refractivity contribution in [2.45, 2.75) is 38.9 Å². The van der Waals surface area contributed by atoms with Gasteiger partial charge in [-0.05, 0) is 37.5 Å². The Morgan fingerprint density at radius 1 is 1.23 bits per heavy atom. The van der Waals surface area contributed by atoms with Crippen LogP contribution in [0.4, 0.5) is 13.2 Å². The first-order valence-electron chi connectivity index (χ1n) is 6.84. The van der Waals surface area contributed by atoms with Crippen molar-refractivity contribution in [1.82, 2.24) is 5.32 Å². The minimum absolute atomic E-state index is 0.257. The quantitative estimate of drug-likeness (QED) is 0.848. The molecule has 0 saturated heterocycles. The average Bonchev–Trinajstić information content (AvgIpc) is 2.43. The number of aliphatic carboxylic acids is 1. The topological polar surface area (TPSA) is 66.4 Å². The largest absolute Gasteiger partial charge is 0.480 e. The van der Waals surface area contributed by atoms with Gasteiger partial charge < -0.3 is 10.4 Å². The average molecular weight is 317 g/mol. The molecule has 2 atom stereocenters. The van der Waals surface area contributed by atoms with Crippen molar-refractivity contribution in [3.8, 4) is 0 Å². The van der Waals surface area contributed by atoms with Crippen molar-refractivity contribution < 1.29 is 27.9 Å². The van der Waals surface area contributed by atoms with Gasteiger partial charge in [-0.15, -0.1) is 0 Å². The number of carboxylic acids is 1. The van der Waals surface area contributed by atoms with Gasteiger partial charge >= 0.3 is 12.1 Å². The van der Waals surface area contributed by atoms with Crippen LogP contribution in [-0.2, 0) is 22.2 Å². The summed E-state index contributed by atoms with van der Waals surface area (Å²) in [7, 11) is 0. The molecule has 1 aromatic rings. The smallest absolute Gasteiger partial charge is 0.416 e. The molecule has 1 amide bonds. The van der Waals surface area contributed by atoms with Crippen LogP contribution >= 0.6 is 0 Å². The van der Waals surface area contributed by atoms with Gasteiger partial charge in [0.25, 0.3) is 0 Å². The van der Waals surface area contributed by atoms with Crippen LogP contribution < -0.4 is 5.32 Å². The Morgan fingerprint density at radius 3 is 2.18 bits per heavy atom. The van der Waals surface area contributed by atoms with E-state index in [0.29, 0.717) is 12.0 Å². The van der Waals surface area contributed by atoms with E-state index < -0.39 is 35.6 Å². The summed E-state index contributed by atoms with van der Waals surface area (Å²) in [5.41, 5.74) is -0.147. The van der Waals surface area contributed by atoms with Crippen molar-refractivity contribution in [1.29, 1.82) is 0 Å². The fourth-order valence-electron chi connectivity index (χ4n) is 1.93. The van der Waals surface area contributed by atoms with E-state index in [2.05, 4.69) is 5.32 Å². The van der Waals surface area contributed by atoms with Crippen LogP contribution in [0.1, 0.15) is 31.4 Å². The molecule has 1 rings (SSSR count). The van der Waals surface area contributed by atoms with E-state index >= 15 is 0 Å². The Bertz CT molecular complexity index is 526. The number of carboxylic acid groups (broad SMARTS) is 1. The molecule has 0 aliphatic carbocycles. The number of rotatable bonds is 6. The summed E-state index contributed by atoms with van der Waals surface area (Å²) in [5, 5.41) is 11.1. The predicted octanol–water partition coefficient (Wildman–Crippen LogP) is 2.86. The lowest BCUT2D eigenvalue weighted by atomic mass is 9.95. The molecule has 0 aromatic heterocycles. The van der Waals surface area contributed by atoms with Crippen molar-refractivity contribution in [2.24, 2.45) is 5.92 Å². The molecule has 122 valence electrons. The van der Waals surface area contributed by atoms with Gasteiger partial charge in [-0.1, -0.05) is 19.1 Å². The molecule has 0 bridgehead atoms. The number of benzene rings is 1. The van der Waals surface area contributed by atoms with E-state index in [-0.39, 0.29) is 6.42 Å². The molecule has 2 N–H and O–H groups in total. The highest BCUT2D eigenvalue weighted by atomic mass is 19.4. The molecule has 0 spiro atoms. The van der Waals surface area contributed by atoms with Gasteiger partial charge in [-0.3, -0.25) is 9.59 Å². The van der Waals surface area contributed by atoms with Gasteiger partial charge in [0.05, 0.1) is 5.56 Å². The van der Waals surface area contributed by atoms with Gasteiger partial charge in [0.15, 0.2) is 0 Å². The summed E-state index contributed by atoms with van der Waals surface area (Å²) < 4.78 is 37.4. The molecule has 7 heteroatoms. The molecule has 4 nitrogen and oxygen atoms in total. The minimum atomic E-state index is -4.39. The van der Waals surface area contributed by atoms with Gasteiger partial charge in [0, 0.05) is 5.92 Å². The van der Waals surface area contributed by atoms with Crippen LogP contribution in [0.25, 0.3) is 0 Å². The Labute approximate surface area is 126 Å². The monoisotopic (exact) mass is 317 g/mol. The van der Waals surface area contributed by atoms with E-state index in [0.717, 1.165) is 12.1 Å². The standard InChI is InChI=1S/C15H18F3NO3/c1-3-11(13(20)19-9(2)14(21)22)8-10-4-6-12(7-5-10)15(16,17)18/h4-7,9,11H,3,8H2,1-2H3,(H,19,20)(H,21,22)/t9-,11?/m1/s1. The Kier molecular flexibility index (Phi) is 5.96. The first-order valence-corrected chi connectivity index (χ1v) is 6.84. The number of carbonyl (C=O) groups is 2. The maximum Gasteiger partial charge on any atom is 0.416 e. The van der Waals surface area contributed by atoms with Gasteiger partial charge in [-0.2, -0.15) is 13.2 Å². The Balaban J connectivity index is 2.74. The number of halogens is 3. The lowest BCUT2D eigenvalue weighted by molar-refractivity contribution is -0.142. The zero-order valence-corrected chi connectivity index (χ0v) is 12.3. The fraction of sp³-hybridized carbons (Fsp3) is 0.467. The molecular formula is C15H18F3NO3. The molecule has 0 saturated carbocycles. The maximum atomic E-state index is 12.5. The van der Waals surface area contributed by atoms with Crippen LogP contribution in [0, 0.1) is 5.92 Å². The van der Waals surface area contributed by atoms with E-state index in [9.17, 15) is 22.8 Å². The number of hydrogen-bond donors (Lipinski definition) is 2. The normalized spacial score (nSPS) is 14.2. The van der Waals surface area contributed by atoms with Crippen LogP contribution in [0.15, 0.2) is 24.3 Å². The van der Waals surface area contributed by atoms with Crippen molar-refractivity contribution in [3.05, 3.63) is 35.4 Å². The third-order valence-corrected chi connectivity index (χ3v) is 3.36. The lowest BCUT2D eigenvalue weighted by Gasteiger charge is -2.17. The number of alkyl halides is 3. The molecule has 0 heterocycles. The number of amides is 1. The Morgan fingerprint density at radius 2 is 1.77 bits per heavy atom. The minimum Gasteiger partial charge on any atom is -0.480 e. The number of carbonyl (C=O) groups excluding carboxylic acids is 1. The molecule has 0 fully saturated rings. The first-order chi connectivity index (χ1) is 10.1. The van der Waals surface area contributed by atoms with Crippen LogP contribution in [0.5, 0.6) is 0 Å². The zero-order chi connectivity index (χ0) is 16.9. The summed E-state index contributed by atoms with van der Waals surface area (Å²) in [6.45, 7) is 3.12. The van der Waals surface area contributed by atoms with Crippen LogP contribution in [-0.4, -0.2) is 23.0 Å². The second-order valence-electron chi connectivity index (χ2n) is 5.07. The third kappa shape index (κ3) is 5.05. The zero-order valence-electron chi connectivity index (χ0n) is 12.3. The highest BCUT2D eigenvalue weighted by Crippen LogP contribution is 2.29. The molecule has 22 heavy (non-hydrogen) atoms. The number of hydrogen-bond acceptors (Lipinski definition) is 2. The number of nitrogens with one attached hydrogen (secondary N) is 1. The highest BCUT2D eigenvalue weighted by molar-refractivity contribution is 5.84. The van der Waals surface area contributed by atoms with E-state index in [1.807, 2.05) is 0 Å². The predicted molar refractivity (Wildman–Crippen MR) is 74.2 cm³/mol. The fourth-order valence-corrected chi connectivity index (χ4v) is 1.93. The molecule has 1 aromatic carbocycles. The van der Waals surface area contributed by atoms with Gasteiger partial charge in [0.1, 0.15) is 6.04 Å². The molecule has 0 aliphatic rings. The lowest BCUT2D eigenvalue weighted by Crippen LogP contribution is -2.42. The van der Waals surface area contributed by atoms with E-state index in [4.69, 9.17) is 5.11 Å². The van der Waals surface area contributed by atoms with Crippen molar-refractivity contribution in [3.63, 3.8) is 0 Å². The van der Waals surface area contributed by atoms with Crippen molar-refractivity contribution in [2.75, 3.05) is 0 Å². The van der Waals surface area contributed by atoms with E-state index in [1.165, 1.54) is 19.1 Å². The summed E-state index contributed by atoms with van der Waals surface area (Å²) in [6.07, 6.45) is -3.68. The second-order valence-corrected chi connectivity index (χ2v) is 5.07. The molecule has 1 unspecified atom stereocenters. The third-order valence-electron chi connectivity index (χ3n) is 3.36. The van der Waals surface area contributed by atoms with Crippen LogP contribution in [0.2, 0.25) is 0 Å². The summed E-state index contributed by atoms with van der Waals surface area (Å²) in [6, 6.07) is 3.60. The Hall–Kier alpha value is -2.05. The summed E-state index contributed by atoms with van der Waals surface area (Å²) >= 11 is 0. The van der Waals surface area contributed by atoms with Crippen molar-refractivity contribution >= 4 is 11.9 Å².